The lowest BCUT2D eigenvalue weighted by Crippen LogP contribution is -2.40. The topological polar surface area (TPSA) is 123 Å². The molecule has 3 aromatic rings. The van der Waals surface area contributed by atoms with E-state index in [4.69, 9.17) is 5.11 Å². The van der Waals surface area contributed by atoms with Gasteiger partial charge in [0.05, 0.1) is 0 Å². The number of piperidine rings is 1. The summed E-state index contributed by atoms with van der Waals surface area (Å²) in [5.41, 5.74) is 3.18. The Labute approximate surface area is 196 Å². The summed E-state index contributed by atoms with van der Waals surface area (Å²) in [6.45, 7) is 1.43. The highest BCUT2D eigenvalue weighted by Crippen LogP contribution is 2.33. The highest BCUT2D eigenvalue weighted by atomic mass is 16.4. The maximum absolute atomic E-state index is 12.3. The first-order chi connectivity index (χ1) is 16.4. The summed E-state index contributed by atoms with van der Waals surface area (Å²) in [5, 5.41) is 22.1. The second-order valence-corrected chi connectivity index (χ2v) is 8.58. The number of aromatic amines is 1. The zero-order valence-corrected chi connectivity index (χ0v) is 18.6. The summed E-state index contributed by atoms with van der Waals surface area (Å²) >= 11 is 0. The molecule has 0 bridgehead atoms. The molecule has 1 aliphatic heterocycles. The average Bonchev–Trinajstić information content (AvgIpc) is 3.22. The number of aliphatic carboxylic acids is 2. The smallest absolute Gasteiger partial charge is 0.328 e. The highest BCUT2D eigenvalue weighted by molar-refractivity contribution is 6.03. The van der Waals surface area contributed by atoms with Gasteiger partial charge in [0.2, 0.25) is 5.91 Å². The van der Waals surface area contributed by atoms with Crippen molar-refractivity contribution in [2.24, 2.45) is 5.92 Å². The summed E-state index contributed by atoms with van der Waals surface area (Å²) in [6, 6.07) is 14.8. The summed E-state index contributed by atoms with van der Waals surface area (Å²) in [7, 11) is 0. The number of anilines is 1. The van der Waals surface area contributed by atoms with Gasteiger partial charge in [0, 0.05) is 40.5 Å². The van der Waals surface area contributed by atoms with Gasteiger partial charge in [-0.1, -0.05) is 36.4 Å². The van der Waals surface area contributed by atoms with Crippen LogP contribution in [0.25, 0.3) is 10.9 Å². The van der Waals surface area contributed by atoms with E-state index < -0.39 is 23.9 Å². The fraction of sp³-hybridized carbons (Fsp3) is 0.269. The van der Waals surface area contributed by atoms with E-state index in [2.05, 4.69) is 22.4 Å². The molecule has 0 aliphatic carbocycles. The highest BCUT2D eigenvalue weighted by Gasteiger charge is 2.32. The quantitative estimate of drug-likeness (QED) is 0.378. The van der Waals surface area contributed by atoms with Gasteiger partial charge in [-0.05, 0) is 56.0 Å². The Morgan fingerprint density at radius 2 is 1.79 bits per heavy atom. The number of carbonyl (C=O) groups excluding carboxylic acids is 1. The third kappa shape index (κ3) is 5.52. The van der Waals surface area contributed by atoms with Crippen molar-refractivity contribution in [2.75, 3.05) is 18.4 Å². The van der Waals surface area contributed by atoms with Gasteiger partial charge in [0.1, 0.15) is 6.04 Å². The predicted molar refractivity (Wildman–Crippen MR) is 129 cm³/mol. The largest absolute Gasteiger partial charge is 0.480 e. The number of likely N-dealkylation sites (tertiary alicyclic amines) is 1. The Morgan fingerprint density at radius 3 is 2.47 bits per heavy atom. The molecule has 1 aromatic heterocycles. The van der Waals surface area contributed by atoms with Crippen LogP contribution in [0.4, 0.5) is 5.69 Å². The van der Waals surface area contributed by atoms with Crippen LogP contribution in [0.15, 0.2) is 66.9 Å². The fourth-order valence-electron chi connectivity index (χ4n) is 4.63. The minimum Gasteiger partial charge on any atom is -0.480 e. The van der Waals surface area contributed by atoms with Crippen LogP contribution in [0.1, 0.15) is 30.0 Å². The summed E-state index contributed by atoms with van der Waals surface area (Å²) < 4.78 is 0. The maximum atomic E-state index is 12.3. The molecule has 0 unspecified atom stereocenters. The Kier molecular flexibility index (Phi) is 7.08. The average molecular weight is 462 g/mol. The van der Waals surface area contributed by atoms with Gasteiger partial charge >= 0.3 is 11.9 Å². The van der Waals surface area contributed by atoms with Crippen LogP contribution in [0.5, 0.6) is 0 Å². The van der Waals surface area contributed by atoms with Gasteiger partial charge in [-0.2, -0.15) is 0 Å². The number of carboxylic acids is 2. The van der Waals surface area contributed by atoms with Crippen LogP contribution < -0.4 is 5.32 Å². The van der Waals surface area contributed by atoms with E-state index in [0.717, 1.165) is 36.8 Å². The number of amides is 1. The van der Waals surface area contributed by atoms with Crippen molar-refractivity contribution in [1.29, 1.82) is 0 Å². The minimum absolute atomic E-state index is 0.481. The number of rotatable bonds is 8. The number of carbonyl (C=O) groups is 3. The minimum atomic E-state index is -1.21. The molecule has 0 spiro atoms. The van der Waals surface area contributed by atoms with E-state index in [1.807, 2.05) is 23.1 Å². The lowest BCUT2D eigenvalue weighted by atomic mass is 9.89. The molecule has 0 saturated carbocycles. The van der Waals surface area contributed by atoms with Crippen molar-refractivity contribution >= 4 is 34.4 Å². The molecule has 1 aliphatic rings. The van der Waals surface area contributed by atoms with Crippen LogP contribution in [-0.2, 0) is 20.8 Å². The summed E-state index contributed by atoms with van der Waals surface area (Å²) in [5.74, 6) is -2.12. The first kappa shape index (κ1) is 23.3. The molecule has 4 rings (SSSR count). The molecule has 176 valence electrons. The predicted octanol–water partition coefficient (Wildman–Crippen LogP) is 3.83. The number of H-pyrrole nitrogens is 1. The van der Waals surface area contributed by atoms with Gasteiger partial charge < -0.3 is 20.5 Å². The van der Waals surface area contributed by atoms with Crippen LogP contribution in [-0.4, -0.2) is 51.0 Å². The van der Waals surface area contributed by atoms with Gasteiger partial charge in [-0.3, -0.25) is 14.5 Å². The van der Waals surface area contributed by atoms with E-state index in [9.17, 15) is 19.5 Å². The standard InChI is InChI=1S/C26H27N3O5/c30-23(8-9-24(31)32)28-19-6-7-20-21(16-27-22(20)15-19)25(26(33)34)29-12-10-18(11-13-29)14-17-4-2-1-3-5-17/h1-9,15-16,18,25,27H,10-14H2,(H,28,30)(H,31,32)(H,33,34)/b9-8+/t25-/m0/s1. The van der Waals surface area contributed by atoms with E-state index in [0.29, 0.717) is 35.8 Å². The Morgan fingerprint density at radius 1 is 1.06 bits per heavy atom. The van der Waals surface area contributed by atoms with Crippen molar-refractivity contribution < 1.29 is 24.6 Å². The Hall–Kier alpha value is -3.91. The lowest BCUT2D eigenvalue weighted by Gasteiger charge is -2.35. The normalized spacial score (nSPS) is 16.0. The molecule has 2 aromatic carbocycles. The molecule has 1 atom stereocenters. The molecular formula is C26H27N3O5. The molecule has 1 saturated heterocycles. The van der Waals surface area contributed by atoms with Crippen LogP contribution in [0.2, 0.25) is 0 Å². The van der Waals surface area contributed by atoms with Gasteiger partial charge in [0.25, 0.3) is 0 Å². The molecule has 1 fully saturated rings. The molecule has 8 nitrogen and oxygen atoms in total. The van der Waals surface area contributed by atoms with E-state index in [1.165, 1.54) is 5.56 Å². The van der Waals surface area contributed by atoms with E-state index >= 15 is 0 Å². The maximum Gasteiger partial charge on any atom is 0.328 e. The number of nitrogens with zero attached hydrogens (tertiary/aromatic N) is 1. The zero-order chi connectivity index (χ0) is 24.1. The van der Waals surface area contributed by atoms with Gasteiger partial charge in [-0.15, -0.1) is 0 Å². The number of carboxylic acid groups (broad SMARTS) is 2. The molecule has 4 N–H and O–H groups in total. The second-order valence-electron chi connectivity index (χ2n) is 8.58. The van der Waals surface area contributed by atoms with E-state index in [-0.39, 0.29) is 0 Å². The number of hydrogen-bond acceptors (Lipinski definition) is 4. The van der Waals surface area contributed by atoms with Crippen LogP contribution >= 0.6 is 0 Å². The molecule has 8 heteroatoms. The monoisotopic (exact) mass is 461 g/mol. The first-order valence-corrected chi connectivity index (χ1v) is 11.2. The number of aromatic nitrogens is 1. The molecule has 2 heterocycles. The summed E-state index contributed by atoms with van der Waals surface area (Å²) in [6.07, 6.45) is 6.32. The van der Waals surface area contributed by atoms with E-state index in [1.54, 1.807) is 24.4 Å². The van der Waals surface area contributed by atoms with Crippen molar-refractivity contribution in [3.63, 3.8) is 0 Å². The summed E-state index contributed by atoms with van der Waals surface area (Å²) in [4.78, 5) is 39.8. The van der Waals surface area contributed by atoms with Gasteiger partial charge in [0.15, 0.2) is 0 Å². The van der Waals surface area contributed by atoms with Crippen molar-refractivity contribution in [3.8, 4) is 0 Å². The molecular weight excluding hydrogens is 434 g/mol. The SMILES string of the molecule is O=C(O)/C=C/C(=O)Nc1ccc2c([C@@H](C(=O)O)N3CCC(Cc4ccccc4)CC3)c[nH]c2c1. The molecule has 0 radical (unpaired) electrons. The van der Waals surface area contributed by atoms with Crippen molar-refractivity contribution in [2.45, 2.75) is 25.3 Å². The second kappa shape index (κ2) is 10.4. The Balaban J connectivity index is 1.46. The fourth-order valence-corrected chi connectivity index (χ4v) is 4.63. The molecule has 34 heavy (non-hydrogen) atoms. The first-order valence-electron chi connectivity index (χ1n) is 11.2. The van der Waals surface area contributed by atoms with Crippen molar-refractivity contribution in [1.82, 2.24) is 9.88 Å². The Bertz CT molecular complexity index is 1210. The third-order valence-electron chi connectivity index (χ3n) is 6.27. The van der Waals surface area contributed by atoms with Crippen LogP contribution in [0, 0.1) is 5.92 Å². The lowest BCUT2D eigenvalue weighted by molar-refractivity contribution is -0.144. The van der Waals surface area contributed by atoms with Crippen LogP contribution in [0.3, 0.4) is 0 Å². The number of nitrogens with one attached hydrogen (secondary N) is 2. The van der Waals surface area contributed by atoms with Gasteiger partial charge in [-0.25, -0.2) is 4.79 Å². The molecule has 1 amide bonds. The number of fused-ring (bicyclic) bond motifs is 1. The number of hydrogen-bond donors (Lipinski definition) is 4. The third-order valence-corrected chi connectivity index (χ3v) is 6.27. The van der Waals surface area contributed by atoms with Crippen molar-refractivity contribution in [3.05, 3.63) is 78.0 Å². The number of benzene rings is 2. The zero-order valence-electron chi connectivity index (χ0n) is 18.6.